The number of benzene rings is 2. The molecule has 0 fully saturated rings. The Kier molecular flexibility index (Phi) is 4.45. The zero-order chi connectivity index (χ0) is 18.6. The summed E-state index contributed by atoms with van der Waals surface area (Å²) in [5.41, 5.74) is 1.64. The molecule has 0 bridgehead atoms. The SMILES string of the molecule is O=C1C(=Cc2ccco2)N=C(c2ccccc2)N1/N=C\c1ccc(F)cc1. The van der Waals surface area contributed by atoms with Crippen molar-refractivity contribution in [2.24, 2.45) is 10.1 Å². The smallest absolute Gasteiger partial charge is 0.298 e. The first kappa shape index (κ1) is 16.7. The molecule has 1 aliphatic rings. The Morgan fingerprint density at radius 2 is 1.78 bits per heavy atom. The van der Waals surface area contributed by atoms with Crippen molar-refractivity contribution in [3.63, 3.8) is 0 Å². The minimum atomic E-state index is -0.372. The van der Waals surface area contributed by atoms with E-state index in [0.29, 0.717) is 17.2 Å². The summed E-state index contributed by atoms with van der Waals surface area (Å²) in [6, 6.07) is 18.6. The predicted molar refractivity (Wildman–Crippen MR) is 101 cm³/mol. The van der Waals surface area contributed by atoms with Gasteiger partial charge in [0, 0.05) is 11.6 Å². The Morgan fingerprint density at radius 3 is 2.48 bits per heavy atom. The molecule has 1 amide bonds. The summed E-state index contributed by atoms with van der Waals surface area (Å²) < 4.78 is 18.3. The lowest BCUT2D eigenvalue weighted by Gasteiger charge is -2.11. The lowest BCUT2D eigenvalue weighted by Crippen LogP contribution is -2.27. The van der Waals surface area contributed by atoms with Crippen LogP contribution in [0.15, 0.2) is 93.2 Å². The van der Waals surface area contributed by atoms with Gasteiger partial charge in [-0.15, -0.1) is 0 Å². The fourth-order valence-corrected chi connectivity index (χ4v) is 2.57. The molecule has 0 saturated carbocycles. The van der Waals surface area contributed by atoms with Crippen LogP contribution in [0.4, 0.5) is 4.39 Å². The van der Waals surface area contributed by atoms with Crippen LogP contribution in [0.3, 0.4) is 0 Å². The van der Waals surface area contributed by atoms with E-state index in [9.17, 15) is 9.18 Å². The molecule has 0 N–H and O–H groups in total. The highest BCUT2D eigenvalue weighted by Gasteiger charge is 2.31. The molecule has 0 aliphatic carbocycles. The molecule has 132 valence electrons. The van der Waals surface area contributed by atoms with Gasteiger partial charge in [0.25, 0.3) is 5.91 Å². The van der Waals surface area contributed by atoms with E-state index in [4.69, 9.17) is 4.42 Å². The maximum Gasteiger partial charge on any atom is 0.298 e. The number of halogens is 1. The number of carbonyl (C=O) groups is 1. The highest BCUT2D eigenvalue weighted by Crippen LogP contribution is 2.22. The van der Waals surface area contributed by atoms with Gasteiger partial charge >= 0.3 is 0 Å². The molecule has 27 heavy (non-hydrogen) atoms. The largest absolute Gasteiger partial charge is 0.465 e. The van der Waals surface area contributed by atoms with Crippen molar-refractivity contribution in [2.45, 2.75) is 0 Å². The summed E-state index contributed by atoms with van der Waals surface area (Å²) in [6.07, 6.45) is 4.59. The first-order valence-corrected chi connectivity index (χ1v) is 8.24. The van der Waals surface area contributed by atoms with Gasteiger partial charge in [-0.05, 0) is 29.8 Å². The second-order valence-corrected chi connectivity index (χ2v) is 5.76. The maximum atomic E-state index is 13.1. The third kappa shape index (κ3) is 3.59. The highest BCUT2D eigenvalue weighted by atomic mass is 19.1. The van der Waals surface area contributed by atoms with Crippen LogP contribution >= 0.6 is 0 Å². The minimum absolute atomic E-state index is 0.222. The van der Waals surface area contributed by atoms with Crippen LogP contribution in [0.2, 0.25) is 0 Å². The van der Waals surface area contributed by atoms with E-state index in [1.807, 2.05) is 30.3 Å². The molecule has 2 aromatic carbocycles. The molecule has 4 rings (SSSR count). The third-order valence-electron chi connectivity index (χ3n) is 3.88. The van der Waals surface area contributed by atoms with E-state index in [2.05, 4.69) is 10.1 Å². The molecule has 0 spiro atoms. The van der Waals surface area contributed by atoms with Gasteiger partial charge < -0.3 is 4.42 Å². The lowest BCUT2D eigenvalue weighted by molar-refractivity contribution is -0.122. The second-order valence-electron chi connectivity index (χ2n) is 5.76. The van der Waals surface area contributed by atoms with Crippen molar-refractivity contribution >= 4 is 24.0 Å². The third-order valence-corrected chi connectivity index (χ3v) is 3.88. The number of hydrazone groups is 1. The first-order chi connectivity index (χ1) is 13.2. The van der Waals surface area contributed by atoms with E-state index in [0.717, 1.165) is 5.56 Å². The summed E-state index contributed by atoms with van der Waals surface area (Å²) in [5, 5.41) is 5.51. The van der Waals surface area contributed by atoms with E-state index in [-0.39, 0.29) is 17.4 Å². The zero-order valence-corrected chi connectivity index (χ0v) is 14.1. The van der Waals surface area contributed by atoms with Crippen molar-refractivity contribution < 1.29 is 13.6 Å². The van der Waals surface area contributed by atoms with Crippen molar-refractivity contribution in [3.8, 4) is 0 Å². The van der Waals surface area contributed by atoms with Crippen LogP contribution in [0, 0.1) is 5.82 Å². The Hall–Kier alpha value is -3.80. The monoisotopic (exact) mass is 359 g/mol. The molecule has 5 nitrogen and oxygen atoms in total. The quantitative estimate of drug-likeness (QED) is 0.520. The number of furan rings is 1. The second kappa shape index (κ2) is 7.21. The van der Waals surface area contributed by atoms with Crippen LogP contribution in [-0.2, 0) is 4.79 Å². The minimum Gasteiger partial charge on any atom is -0.465 e. The number of rotatable bonds is 4. The average molecular weight is 359 g/mol. The summed E-state index contributed by atoms with van der Waals surface area (Å²) in [6.45, 7) is 0. The number of hydrogen-bond donors (Lipinski definition) is 0. The van der Waals surface area contributed by atoms with Gasteiger partial charge in [0.15, 0.2) is 5.84 Å². The normalized spacial score (nSPS) is 15.7. The molecule has 1 aromatic heterocycles. The summed E-state index contributed by atoms with van der Waals surface area (Å²) in [5.74, 6) is 0.235. The fourth-order valence-electron chi connectivity index (χ4n) is 2.57. The summed E-state index contributed by atoms with van der Waals surface area (Å²) >= 11 is 0. The predicted octanol–water partition coefficient (Wildman–Crippen LogP) is 4.08. The maximum absolute atomic E-state index is 13.1. The number of carbonyl (C=O) groups excluding carboxylic acids is 1. The molecule has 0 saturated heterocycles. The molecular weight excluding hydrogens is 345 g/mol. The van der Waals surface area contributed by atoms with Gasteiger partial charge in [0.2, 0.25) is 0 Å². The van der Waals surface area contributed by atoms with Gasteiger partial charge in [-0.3, -0.25) is 4.79 Å². The van der Waals surface area contributed by atoms with Crippen molar-refractivity contribution in [3.05, 3.63) is 101 Å². The van der Waals surface area contributed by atoms with Crippen molar-refractivity contribution in [1.82, 2.24) is 5.01 Å². The average Bonchev–Trinajstić information content (AvgIpc) is 3.31. The van der Waals surface area contributed by atoms with Crippen LogP contribution in [0.25, 0.3) is 6.08 Å². The number of nitrogens with zero attached hydrogens (tertiary/aromatic N) is 3. The van der Waals surface area contributed by atoms with Crippen LogP contribution in [0.1, 0.15) is 16.9 Å². The van der Waals surface area contributed by atoms with Crippen LogP contribution < -0.4 is 0 Å². The topological polar surface area (TPSA) is 58.2 Å². The zero-order valence-electron chi connectivity index (χ0n) is 14.1. The Bertz CT molecular complexity index is 1040. The number of amides is 1. The molecule has 1 aliphatic heterocycles. The molecule has 2 heterocycles. The molecule has 0 unspecified atom stereocenters. The van der Waals surface area contributed by atoms with Gasteiger partial charge in [-0.2, -0.15) is 10.1 Å². The molecular formula is C21H14FN3O2. The molecule has 6 heteroatoms. The van der Waals surface area contributed by atoms with E-state index in [1.54, 1.807) is 30.3 Å². The van der Waals surface area contributed by atoms with Gasteiger partial charge in [0.05, 0.1) is 12.5 Å². The van der Waals surface area contributed by atoms with Gasteiger partial charge in [0.1, 0.15) is 17.3 Å². The van der Waals surface area contributed by atoms with Crippen LogP contribution in [-0.4, -0.2) is 23.0 Å². The molecule has 0 atom stereocenters. The van der Waals surface area contributed by atoms with E-state index >= 15 is 0 Å². The number of aliphatic imine (C=N–C) groups is 1. The van der Waals surface area contributed by atoms with Gasteiger partial charge in [-0.25, -0.2) is 9.38 Å². The van der Waals surface area contributed by atoms with Crippen LogP contribution in [0.5, 0.6) is 0 Å². The Morgan fingerprint density at radius 1 is 1.00 bits per heavy atom. The number of amidine groups is 1. The first-order valence-electron chi connectivity index (χ1n) is 8.24. The molecule has 0 radical (unpaired) electrons. The number of hydrogen-bond acceptors (Lipinski definition) is 4. The fraction of sp³-hybridized carbons (Fsp3) is 0. The molecule has 3 aromatic rings. The standard InChI is InChI=1S/C21H14FN3O2/c22-17-10-8-15(9-11-17)14-23-25-20(16-5-2-1-3-6-16)24-19(21(25)26)13-18-7-4-12-27-18/h1-14H/b19-13?,23-14-. The lowest BCUT2D eigenvalue weighted by atomic mass is 10.2. The Balaban J connectivity index is 1.71. The summed E-state index contributed by atoms with van der Waals surface area (Å²) in [7, 11) is 0. The Labute approximate surface area is 154 Å². The highest BCUT2D eigenvalue weighted by molar-refractivity contribution is 6.19. The van der Waals surface area contributed by atoms with E-state index < -0.39 is 0 Å². The van der Waals surface area contributed by atoms with E-state index in [1.165, 1.54) is 29.6 Å². The van der Waals surface area contributed by atoms with Gasteiger partial charge in [-0.1, -0.05) is 42.5 Å². The van der Waals surface area contributed by atoms with Crippen molar-refractivity contribution in [2.75, 3.05) is 0 Å². The summed E-state index contributed by atoms with van der Waals surface area (Å²) in [4.78, 5) is 17.3. The van der Waals surface area contributed by atoms with Crippen molar-refractivity contribution in [1.29, 1.82) is 0 Å².